The second-order valence-corrected chi connectivity index (χ2v) is 6.25. The van der Waals surface area contributed by atoms with Crippen LogP contribution < -0.4 is 11.1 Å². The Morgan fingerprint density at radius 1 is 1.16 bits per heavy atom. The van der Waals surface area contributed by atoms with Gasteiger partial charge in [-0.2, -0.15) is 0 Å². The van der Waals surface area contributed by atoms with Crippen molar-refractivity contribution in [3.05, 3.63) is 35.9 Å². The first-order valence-electron chi connectivity index (χ1n) is 8.00. The fraction of sp³-hybridized carbons (Fsp3) is 0.471. The predicted molar refractivity (Wildman–Crippen MR) is 91.7 cm³/mol. The average Bonchev–Trinajstić information content (AvgIpc) is 2.53. The van der Waals surface area contributed by atoms with Crippen LogP contribution >= 0.6 is 0 Å². The lowest BCUT2D eigenvalue weighted by Gasteiger charge is -2.28. The van der Waals surface area contributed by atoms with Gasteiger partial charge < -0.3 is 26.2 Å². The van der Waals surface area contributed by atoms with Crippen molar-refractivity contribution >= 4 is 17.9 Å². The molecule has 0 saturated heterocycles. The molecule has 0 aromatic heterocycles. The van der Waals surface area contributed by atoms with E-state index in [9.17, 15) is 19.5 Å². The maximum absolute atomic E-state index is 12.4. The van der Waals surface area contributed by atoms with Crippen LogP contribution in [0.25, 0.3) is 0 Å². The van der Waals surface area contributed by atoms with Crippen molar-refractivity contribution in [2.45, 2.75) is 32.4 Å². The molecule has 1 aromatic rings. The number of aliphatic carboxylic acids is 1. The fourth-order valence-corrected chi connectivity index (χ4v) is 2.28. The van der Waals surface area contributed by atoms with Gasteiger partial charge in [-0.15, -0.1) is 0 Å². The smallest absolute Gasteiger partial charge is 0.334 e. The number of urea groups is 1. The van der Waals surface area contributed by atoms with E-state index in [1.165, 1.54) is 4.90 Å². The number of amides is 3. The highest BCUT2D eigenvalue weighted by molar-refractivity contribution is 5.86. The van der Waals surface area contributed by atoms with Crippen LogP contribution in [0.2, 0.25) is 0 Å². The zero-order valence-corrected chi connectivity index (χ0v) is 14.4. The van der Waals surface area contributed by atoms with E-state index in [4.69, 9.17) is 10.8 Å². The average molecular weight is 351 g/mol. The molecule has 0 bridgehead atoms. The van der Waals surface area contributed by atoms with Crippen molar-refractivity contribution in [1.82, 2.24) is 10.2 Å². The van der Waals surface area contributed by atoms with Gasteiger partial charge in [-0.3, -0.25) is 4.79 Å². The molecule has 8 heteroatoms. The molecule has 8 nitrogen and oxygen atoms in total. The molecule has 0 aliphatic carbocycles. The third-order valence-corrected chi connectivity index (χ3v) is 3.47. The normalized spacial score (nSPS) is 13.1. The molecule has 0 fully saturated rings. The summed E-state index contributed by atoms with van der Waals surface area (Å²) >= 11 is 0. The van der Waals surface area contributed by atoms with Crippen LogP contribution in [0.5, 0.6) is 0 Å². The molecular weight excluding hydrogens is 326 g/mol. The third kappa shape index (κ3) is 7.21. The van der Waals surface area contributed by atoms with Gasteiger partial charge in [0.15, 0.2) is 6.10 Å². The summed E-state index contributed by atoms with van der Waals surface area (Å²) in [7, 11) is 0. The number of aliphatic hydroxyl groups excluding tert-OH is 1. The molecule has 0 saturated carbocycles. The van der Waals surface area contributed by atoms with Crippen LogP contribution in [0.15, 0.2) is 30.3 Å². The topological polar surface area (TPSA) is 133 Å². The summed E-state index contributed by atoms with van der Waals surface area (Å²) in [4.78, 5) is 36.1. The van der Waals surface area contributed by atoms with Gasteiger partial charge in [0.05, 0.1) is 6.54 Å². The Morgan fingerprint density at radius 2 is 1.76 bits per heavy atom. The second kappa shape index (κ2) is 9.63. The SMILES string of the molecule is CC(C)CN(C[C@H](O)C(=O)O)C(=O)N[C@@H](Cc1ccccc1)C(N)=O. The Kier molecular flexibility index (Phi) is 7.87. The maximum Gasteiger partial charge on any atom is 0.334 e. The molecule has 138 valence electrons. The van der Waals surface area contributed by atoms with E-state index in [1.807, 2.05) is 44.2 Å². The minimum absolute atomic E-state index is 0.0490. The Hall–Kier alpha value is -2.61. The molecule has 0 aliphatic heterocycles. The monoisotopic (exact) mass is 351 g/mol. The number of primary amides is 1. The molecule has 0 radical (unpaired) electrons. The van der Waals surface area contributed by atoms with Gasteiger partial charge in [-0.05, 0) is 11.5 Å². The van der Waals surface area contributed by atoms with Crippen molar-refractivity contribution in [2.24, 2.45) is 11.7 Å². The molecule has 0 spiro atoms. The van der Waals surface area contributed by atoms with E-state index >= 15 is 0 Å². The Morgan fingerprint density at radius 3 is 2.24 bits per heavy atom. The van der Waals surface area contributed by atoms with Gasteiger partial charge >= 0.3 is 12.0 Å². The van der Waals surface area contributed by atoms with Gasteiger partial charge in [0, 0.05) is 13.0 Å². The first-order valence-corrected chi connectivity index (χ1v) is 8.00. The number of nitrogens with one attached hydrogen (secondary N) is 1. The number of aliphatic hydroxyl groups is 1. The number of carbonyl (C=O) groups is 3. The van der Waals surface area contributed by atoms with E-state index in [0.29, 0.717) is 0 Å². The standard InChI is InChI=1S/C17H25N3O5/c1-11(2)9-20(10-14(21)16(23)24)17(25)19-13(15(18)22)8-12-6-4-3-5-7-12/h3-7,11,13-14,21H,8-10H2,1-2H3,(H2,18,22)(H,19,25)(H,23,24)/t13-,14-/m0/s1. The minimum Gasteiger partial charge on any atom is -0.479 e. The maximum atomic E-state index is 12.4. The molecule has 25 heavy (non-hydrogen) atoms. The van der Waals surface area contributed by atoms with Crippen molar-refractivity contribution in [1.29, 1.82) is 0 Å². The number of hydrogen-bond acceptors (Lipinski definition) is 4. The molecule has 0 unspecified atom stereocenters. The molecule has 5 N–H and O–H groups in total. The summed E-state index contributed by atoms with van der Waals surface area (Å²) in [5.41, 5.74) is 6.19. The largest absolute Gasteiger partial charge is 0.479 e. The van der Waals surface area contributed by atoms with Gasteiger partial charge in [0.2, 0.25) is 5.91 Å². The number of carboxylic acid groups (broad SMARTS) is 1. The van der Waals surface area contributed by atoms with Crippen LogP contribution in [0.4, 0.5) is 4.79 Å². The molecule has 2 atom stereocenters. The Labute approximate surface area is 146 Å². The zero-order chi connectivity index (χ0) is 19.0. The highest BCUT2D eigenvalue weighted by Gasteiger charge is 2.26. The first kappa shape index (κ1) is 20.4. The van der Waals surface area contributed by atoms with E-state index < -0.39 is 30.1 Å². The van der Waals surface area contributed by atoms with Crippen molar-refractivity contribution < 1.29 is 24.6 Å². The number of carbonyl (C=O) groups excluding carboxylic acids is 2. The summed E-state index contributed by atoms with van der Waals surface area (Å²) in [5, 5.41) is 20.9. The van der Waals surface area contributed by atoms with E-state index in [-0.39, 0.29) is 25.4 Å². The quantitative estimate of drug-likeness (QED) is 0.504. The van der Waals surface area contributed by atoms with Crippen LogP contribution in [-0.4, -0.2) is 58.3 Å². The summed E-state index contributed by atoms with van der Waals surface area (Å²) in [6.45, 7) is 3.55. The lowest BCUT2D eigenvalue weighted by Crippen LogP contribution is -2.53. The molecule has 0 aliphatic rings. The number of nitrogens with zero attached hydrogens (tertiary/aromatic N) is 1. The van der Waals surface area contributed by atoms with Gasteiger partial charge in [0.1, 0.15) is 6.04 Å². The van der Waals surface area contributed by atoms with Crippen LogP contribution in [0.3, 0.4) is 0 Å². The number of nitrogens with two attached hydrogens (primary N) is 1. The predicted octanol–water partition coefficient (Wildman–Crippen LogP) is 0.196. The van der Waals surface area contributed by atoms with Crippen molar-refractivity contribution in [2.75, 3.05) is 13.1 Å². The first-order chi connectivity index (χ1) is 11.7. The highest BCUT2D eigenvalue weighted by Crippen LogP contribution is 2.06. The Bertz CT molecular complexity index is 591. The molecule has 1 aromatic carbocycles. The zero-order valence-electron chi connectivity index (χ0n) is 14.4. The van der Waals surface area contributed by atoms with Crippen LogP contribution in [0.1, 0.15) is 19.4 Å². The van der Waals surface area contributed by atoms with Crippen LogP contribution in [0, 0.1) is 5.92 Å². The van der Waals surface area contributed by atoms with Crippen molar-refractivity contribution in [3.8, 4) is 0 Å². The van der Waals surface area contributed by atoms with Crippen LogP contribution in [-0.2, 0) is 16.0 Å². The lowest BCUT2D eigenvalue weighted by atomic mass is 10.1. The van der Waals surface area contributed by atoms with Gasteiger partial charge in [-0.25, -0.2) is 9.59 Å². The summed E-state index contributed by atoms with van der Waals surface area (Å²) in [6.07, 6.45) is -1.48. The summed E-state index contributed by atoms with van der Waals surface area (Å²) < 4.78 is 0. The van der Waals surface area contributed by atoms with Gasteiger partial charge in [0.25, 0.3) is 0 Å². The Balaban J connectivity index is 2.82. The van der Waals surface area contributed by atoms with Gasteiger partial charge in [-0.1, -0.05) is 44.2 Å². The second-order valence-electron chi connectivity index (χ2n) is 6.25. The summed E-state index contributed by atoms with van der Waals surface area (Å²) in [6, 6.07) is 7.48. The van der Waals surface area contributed by atoms with E-state index in [1.54, 1.807) is 0 Å². The molecular formula is C17H25N3O5. The fourth-order valence-electron chi connectivity index (χ4n) is 2.28. The third-order valence-electron chi connectivity index (χ3n) is 3.47. The number of hydrogen-bond donors (Lipinski definition) is 4. The van der Waals surface area contributed by atoms with E-state index in [2.05, 4.69) is 5.32 Å². The molecule has 0 heterocycles. The van der Waals surface area contributed by atoms with Crippen molar-refractivity contribution in [3.63, 3.8) is 0 Å². The number of rotatable bonds is 9. The summed E-state index contributed by atoms with van der Waals surface area (Å²) in [5.74, 6) is -2.06. The molecule has 3 amide bonds. The number of carboxylic acids is 1. The molecule has 1 rings (SSSR count). The highest BCUT2D eigenvalue weighted by atomic mass is 16.4. The lowest BCUT2D eigenvalue weighted by molar-refractivity contribution is -0.147. The van der Waals surface area contributed by atoms with E-state index in [0.717, 1.165) is 5.56 Å². The minimum atomic E-state index is -1.70. The number of benzene rings is 1.